The monoisotopic (exact) mass is 550 g/mol. The Morgan fingerprint density at radius 2 is 0.619 bits per heavy atom. The Bertz CT molecular complexity index is 2810. The fraction of sp³-hybridized carbons (Fsp3) is 0. The van der Waals surface area contributed by atoms with Gasteiger partial charge in [-0.25, -0.2) is 0 Å². The third-order valence-corrected chi connectivity index (χ3v) is 7.59. The highest BCUT2D eigenvalue weighted by atomic mass is 14.1. The largest absolute Gasteiger partial charge is 0.241 e. The van der Waals surface area contributed by atoms with Gasteiger partial charge in [-0.1, -0.05) is 202 Å². The van der Waals surface area contributed by atoms with E-state index in [1.165, 1.54) is 0 Å². The van der Waals surface area contributed by atoms with Crippen molar-refractivity contribution in [2.24, 2.45) is 0 Å². The van der Waals surface area contributed by atoms with Gasteiger partial charge in [0.25, 0.3) is 0 Å². The molecule has 0 saturated carbocycles. The number of benzene rings is 8. The zero-order chi connectivity index (χ0) is 45.3. The molecular formula is C40H28B2. The summed E-state index contributed by atoms with van der Waals surface area (Å²) in [5, 5.41) is 2.94. The first kappa shape index (κ1) is 11.7. The molecule has 0 N–H and O–H groups in total. The van der Waals surface area contributed by atoms with Crippen LogP contribution in [0, 0.1) is 0 Å². The van der Waals surface area contributed by atoms with E-state index in [9.17, 15) is 0 Å². The number of hydrogen-bond acceptors (Lipinski definition) is 0. The molecule has 0 nitrogen and oxygen atoms in total. The summed E-state index contributed by atoms with van der Waals surface area (Å²) in [7, 11) is 0. The van der Waals surface area contributed by atoms with Crippen LogP contribution in [0.5, 0.6) is 0 Å². The van der Waals surface area contributed by atoms with Crippen molar-refractivity contribution in [3.63, 3.8) is 0 Å². The van der Waals surface area contributed by atoms with Gasteiger partial charge in [0, 0.05) is 0 Å². The molecule has 0 aromatic heterocycles. The van der Waals surface area contributed by atoms with E-state index in [0.717, 1.165) is 0 Å². The van der Waals surface area contributed by atoms with Gasteiger partial charge < -0.3 is 0 Å². The summed E-state index contributed by atoms with van der Waals surface area (Å²) in [5.41, 5.74) is -0.940. The van der Waals surface area contributed by atoms with Crippen molar-refractivity contribution in [2.45, 2.75) is 0 Å². The minimum atomic E-state index is -1.54. The maximum atomic E-state index is 9.00. The molecule has 0 atom stereocenters. The third kappa shape index (κ3) is 4.11. The average molecular weight is 550 g/mol. The molecule has 0 heterocycles. The van der Waals surface area contributed by atoms with Crippen molar-refractivity contribution in [3.05, 3.63) is 169 Å². The summed E-state index contributed by atoms with van der Waals surface area (Å²) in [6.07, 6.45) is 0. The van der Waals surface area contributed by atoms with Gasteiger partial charge in [0.2, 0.25) is 13.4 Å². The van der Waals surface area contributed by atoms with Gasteiger partial charge in [-0.15, -0.1) is 0 Å². The molecular weight excluding hydrogens is 502 g/mol. The normalized spacial score (nSPS) is 18.0. The fourth-order valence-electron chi connectivity index (χ4n) is 5.88. The van der Waals surface area contributed by atoms with Crippen molar-refractivity contribution in [1.82, 2.24) is 0 Å². The van der Waals surface area contributed by atoms with Crippen LogP contribution in [0.1, 0.15) is 27.4 Å². The highest BCUT2D eigenvalue weighted by Crippen LogP contribution is 2.33. The summed E-state index contributed by atoms with van der Waals surface area (Å²) in [4.78, 5) is 0. The molecule has 8 aromatic carbocycles. The Morgan fingerprint density at radius 1 is 0.333 bits per heavy atom. The molecule has 0 aliphatic carbocycles. The van der Waals surface area contributed by atoms with Crippen LogP contribution >= 0.6 is 0 Å². The standard InChI is InChI=1S/C40H28B2/c1-5-13-31(14-6-1)41(32-15-7-2-8-16-32)37-27-23-29-22-26-36-38(28-24-30-21-25-35(37)39(29)40(30)36)42(33-17-9-3-10-18-33)34-19-11-4-12-20-34/h1-28H/i1D,2D,3D,4D,5D,6D,7D,8D,9D,10D,11D,12D,13D,14D,15D,16D,17D,18D,19D,20D. The second kappa shape index (κ2) is 10.4. The molecule has 0 fully saturated rings. The minimum absolute atomic E-state index is 0.210. The molecule has 0 bridgehead atoms. The molecule has 0 amide bonds. The Balaban J connectivity index is 1.54. The molecule has 0 radical (unpaired) electrons. The number of hydrogen-bond donors (Lipinski definition) is 0. The molecule has 0 unspecified atom stereocenters. The van der Waals surface area contributed by atoms with E-state index >= 15 is 0 Å². The first-order valence-corrected chi connectivity index (χ1v) is 13.1. The highest BCUT2D eigenvalue weighted by Gasteiger charge is 2.27. The molecule has 8 rings (SSSR count). The molecule has 0 aliphatic rings. The smallest absolute Gasteiger partial charge is 0.0686 e. The summed E-state index contributed by atoms with van der Waals surface area (Å²) in [6.45, 7) is -3.07. The van der Waals surface area contributed by atoms with Crippen LogP contribution in [0.15, 0.2) is 169 Å². The van der Waals surface area contributed by atoms with E-state index in [1.807, 2.05) is 0 Å². The van der Waals surface area contributed by atoms with Gasteiger partial charge >= 0.3 is 0 Å². The van der Waals surface area contributed by atoms with Gasteiger partial charge in [0.1, 0.15) is 0 Å². The fourth-order valence-corrected chi connectivity index (χ4v) is 5.88. The van der Waals surface area contributed by atoms with Gasteiger partial charge in [-0.05, 0) is 32.3 Å². The number of rotatable bonds is 6. The predicted molar refractivity (Wildman–Crippen MR) is 185 cm³/mol. The van der Waals surface area contributed by atoms with Crippen molar-refractivity contribution < 1.29 is 27.4 Å². The van der Waals surface area contributed by atoms with Gasteiger partial charge in [-0.2, -0.15) is 0 Å². The highest BCUT2D eigenvalue weighted by molar-refractivity contribution is 6.97. The van der Waals surface area contributed by atoms with Crippen LogP contribution in [-0.2, 0) is 0 Å². The third-order valence-electron chi connectivity index (χ3n) is 7.59. The Hall–Kier alpha value is -5.07. The SMILES string of the molecule is [2H]c1c([2H])c([2H])c(B(c2c([2H])c([2H])c([2H])c([2H])c2[2H])c2ccc3ccc4c(B(c5c([2H])c([2H])c([2H])c([2H])c5[2H])c5c([2H])c([2H])c([2H])c([2H])c5[2H])ccc5ccc2c3c54)c([2H])c1[2H]. The van der Waals surface area contributed by atoms with Crippen LogP contribution in [0.25, 0.3) is 32.3 Å². The Morgan fingerprint density at radius 3 is 0.929 bits per heavy atom. The molecule has 194 valence electrons. The maximum absolute atomic E-state index is 9.00. The van der Waals surface area contributed by atoms with Crippen molar-refractivity contribution in [3.8, 4) is 0 Å². The van der Waals surface area contributed by atoms with Crippen LogP contribution in [-0.4, -0.2) is 13.4 Å². The molecule has 0 aliphatic heterocycles. The maximum Gasteiger partial charge on any atom is 0.241 e. The van der Waals surface area contributed by atoms with Crippen molar-refractivity contribution >= 4 is 78.5 Å². The summed E-state index contributed by atoms with van der Waals surface area (Å²) in [6, 6.07) is -0.273. The van der Waals surface area contributed by atoms with Gasteiger partial charge in [0.15, 0.2) is 0 Å². The van der Waals surface area contributed by atoms with E-state index in [1.54, 1.807) is 48.5 Å². The lowest BCUT2D eigenvalue weighted by Crippen LogP contribution is -2.52. The second-order valence-corrected chi connectivity index (χ2v) is 9.75. The van der Waals surface area contributed by atoms with E-state index in [4.69, 9.17) is 27.4 Å². The van der Waals surface area contributed by atoms with E-state index in [0.29, 0.717) is 32.3 Å². The minimum Gasteiger partial charge on any atom is -0.0686 e. The Labute approximate surface area is 275 Å². The summed E-state index contributed by atoms with van der Waals surface area (Å²) in [5.74, 6) is 0. The van der Waals surface area contributed by atoms with Crippen LogP contribution in [0.4, 0.5) is 0 Å². The Kier molecular flexibility index (Phi) is 2.89. The summed E-state index contributed by atoms with van der Waals surface area (Å²) < 4.78 is 173. The lowest BCUT2D eigenvalue weighted by molar-refractivity contribution is 1.72. The average Bonchev–Trinajstić information content (AvgIpc) is 3.27. The van der Waals surface area contributed by atoms with Crippen LogP contribution in [0.2, 0.25) is 0 Å². The molecule has 0 saturated heterocycles. The van der Waals surface area contributed by atoms with Gasteiger partial charge in [-0.3, -0.25) is 0 Å². The van der Waals surface area contributed by atoms with Gasteiger partial charge in [0.05, 0.1) is 27.4 Å². The molecule has 42 heavy (non-hydrogen) atoms. The van der Waals surface area contributed by atoms with Crippen molar-refractivity contribution in [1.29, 1.82) is 0 Å². The van der Waals surface area contributed by atoms with E-state index in [2.05, 4.69) is 0 Å². The quantitative estimate of drug-likeness (QED) is 0.186. The first-order chi connectivity index (χ1) is 29.1. The molecule has 8 aromatic rings. The zero-order valence-electron chi connectivity index (χ0n) is 41.8. The van der Waals surface area contributed by atoms with Crippen LogP contribution in [0.3, 0.4) is 0 Å². The molecule has 2 heteroatoms. The lowest BCUT2D eigenvalue weighted by atomic mass is 9.36. The zero-order valence-corrected chi connectivity index (χ0v) is 21.8. The van der Waals surface area contributed by atoms with Crippen LogP contribution < -0.4 is 32.8 Å². The second-order valence-electron chi connectivity index (χ2n) is 9.75. The predicted octanol–water partition coefficient (Wildman–Crippen LogP) is 5.62. The van der Waals surface area contributed by atoms with E-state index in [-0.39, 0.29) is 32.8 Å². The first-order valence-electron chi connectivity index (χ1n) is 23.1. The van der Waals surface area contributed by atoms with Crippen molar-refractivity contribution in [2.75, 3.05) is 0 Å². The summed E-state index contributed by atoms with van der Waals surface area (Å²) >= 11 is 0. The molecule has 0 spiro atoms. The topological polar surface area (TPSA) is 0 Å². The van der Waals surface area contributed by atoms with E-state index < -0.39 is 134 Å². The lowest BCUT2D eigenvalue weighted by Gasteiger charge is -2.22.